The van der Waals surface area contributed by atoms with Crippen LogP contribution in [0.1, 0.15) is 32.3 Å². The standard InChI is InChI=1S/C22H32F3N3O6S/c1-14-11-28(15(2)13-29)21(31)10-16-9-17(26-20(30)7-8-22(23,24)25)5-6-18(16)34-19(14)12-27(3)35(4,32)33/h5-6,9,14-15,19,29H,7-8,10-13H2,1-4H3,(H,26,30)/t14-,15-,19-/m0/s1. The van der Waals surface area contributed by atoms with Crippen LogP contribution in [-0.4, -0.2) is 85.9 Å². The summed E-state index contributed by atoms with van der Waals surface area (Å²) in [6.45, 7) is 3.42. The van der Waals surface area contributed by atoms with E-state index in [-0.39, 0.29) is 43.6 Å². The van der Waals surface area contributed by atoms with Crippen LogP contribution >= 0.6 is 0 Å². The minimum Gasteiger partial charge on any atom is -0.488 e. The molecule has 0 aromatic heterocycles. The van der Waals surface area contributed by atoms with E-state index in [0.29, 0.717) is 11.3 Å². The number of nitrogens with one attached hydrogen (secondary N) is 1. The molecule has 0 saturated carbocycles. The van der Waals surface area contributed by atoms with Crippen molar-refractivity contribution in [1.29, 1.82) is 0 Å². The van der Waals surface area contributed by atoms with Crippen molar-refractivity contribution in [3.63, 3.8) is 0 Å². The van der Waals surface area contributed by atoms with Crippen LogP contribution in [0.15, 0.2) is 18.2 Å². The Balaban J connectivity index is 2.38. The zero-order chi connectivity index (χ0) is 26.6. The van der Waals surface area contributed by atoms with Gasteiger partial charge >= 0.3 is 6.18 Å². The fourth-order valence-electron chi connectivity index (χ4n) is 3.59. The van der Waals surface area contributed by atoms with E-state index in [1.54, 1.807) is 6.92 Å². The van der Waals surface area contributed by atoms with Crippen molar-refractivity contribution in [2.24, 2.45) is 5.92 Å². The van der Waals surface area contributed by atoms with Crippen molar-refractivity contribution in [2.75, 3.05) is 38.3 Å². The average molecular weight is 524 g/mol. The maximum Gasteiger partial charge on any atom is 0.389 e. The van der Waals surface area contributed by atoms with Gasteiger partial charge in [0.05, 0.1) is 38.3 Å². The molecule has 2 amide bonds. The molecule has 3 atom stereocenters. The third kappa shape index (κ3) is 8.65. The molecule has 0 aliphatic carbocycles. The molecular weight excluding hydrogens is 491 g/mol. The molecule has 198 valence electrons. The number of carbonyl (C=O) groups is 2. The number of amides is 2. The summed E-state index contributed by atoms with van der Waals surface area (Å²) >= 11 is 0. The van der Waals surface area contributed by atoms with Gasteiger partial charge in [-0.25, -0.2) is 12.7 Å². The Kier molecular flexibility index (Phi) is 9.54. The largest absolute Gasteiger partial charge is 0.488 e. The molecule has 0 bridgehead atoms. The van der Waals surface area contributed by atoms with E-state index >= 15 is 0 Å². The Morgan fingerprint density at radius 1 is 1.37 bits per heavy atom. The molecule has 1 aromatic carbocycles. The van der Waals surface area contributed by atoms with Crippen LogP contribution in [-0.2, 0) is 26.0 Å². The molecule has 9 nitrogen and oxygen atoms in total. The number of sulfonamides is 1. The number of hydrogen-bond acceptors (Lipinski definition) is 6. The topological polar surface area (TPSA) is 116 Å². The van der Waals surface area contributed by atoms with Crippen molar-refractivity contribution in [1.82, 2.24) is 9.21 Å². The van der Waals surface area contributed by atoms with Gasteiger partial charge in [0.1, 0.15) is 11.9 Å². The highest BCUT2D eigenvalue weighted by Crippen LogP contribution is 2.30. The number of likely N-dealkylation sites (N-methyl/N-ethyl adjacent to an activating group) is 1. The third-order valence-corrected chi connectivity index (χ3v) is 7.12. The minimum absolute atomic E-state index is 0.00487. The summed E-state index contributed by atoms with van der Waals surface area (Å²) in [4.78, 5) is 26.5. The van der Waals surface area contributed by atoms with Crippen molar-refractivity contribution in [3.8, 4) is 5.75 Å². The normalized spacial score (nSPS) is 20.4. The lowest BCUT2D eigenvalue weighted by Crippen LogP contribution is -2.48. The van der Waals surface area contributed by atoms with Crippen molar-refractivity contribution in [3.05, 3.63) is 23.8 Å². The van der Waals surface area contributed by atoms with Crippen LogP contribution in [0.5, 0.6) is 5.75 Å². The number of carbonyl (C=O) groups excluding carboxylic acids is 2. The number of halogens is 3. The summed E-state index contributed by atoms with van der Waals surface area (Å²) < 4.78 is 68.5. The van der Waals surface area contributed by atoms with Crippen LogP contribution < -0.4 is 10.1 Å². The number of anilines is 1. The first-order chi connectivity index (χ1) is 16.1. The fourth-order valence-corrected chi connectivity index (χ4v) is 4.01. The number of hydrogen-bond donors (Lipinski definition) is 2. The average Bonchev–Trinajstić information content (AvgIpc) is 2.79. The van der Waals surface area contributed by atoms with E-state index in [2.05, 4.69) is 5.32 Å². The highest BCUT2D eigenvalue weighted by atomic mass is 32.2. The van der Waals surface area contributed by atoms with Crippen LogP contribution in [0.2, 0.25) is 0 Å². The lowest BCUT2D eigenvalue weighted by molar-refractivity contribution is -0.142. The number of alkyl halides is 3. The summed E-state index contributed by atoms with van der Waals surface area (Å²) in [5.41, 5.74) is 0.575. The SMILES string of the molecule is C[C@H]1CN([C@@H](C)CO)C(=O)Cc2cc(NC(=O)CCC(F)(F)F)ccc2O[C@H]1CN(C)S(C)(=O)=O. The first-order valence-corrected chi connectivity index (χ1v) is 12.9. The van der Waals surface area contributed by atoms with Crippen molar-refractivity contribution in [2.45, 2.75) is 51.4 Å². The Labute approximate surface area is 203 Å². The van der Waals surface area contributed by atoms with E-state index in [9.17, 15) is 36.3 Å². The van der Waals surface area contributed by atoms with Crippen molar-refractivity contribution < 1.29 is 41.0 Å². The zero-order valence-corrected chi connectivity index (χ0v) is 20.9. The lowest BCUT2D eigenvalue weighted by Gasteiger charge is -2.33. The van der Waals surface area contributed by atoms with Crippen LogP contribution in [0, 0.1) is 5.92 Å². The van der Waals surface area contributed by atoms with Gasteiger partial charge in [-0.1, -0.05) is 6.92 Å². The fraction of sp³-hybridized carbons (Fsp3) is 0.636. The smallest absolute Gasteiger partial charge is 0.389 e. The summed E-state index contributed by atoms with van der Waals surface area (Å²) in [6.07, 6.45) is -6.19. The monoisotopic (exact) mass is 523 g/mol. The molecule has 0 unspecified atom stereocenters. The van der Waals surface area contributed by atoms with Crippen LogP contribution in [0.4, 0.5) is 18.9 Å². The number of aliphatic hydroxyl groups is 1. The number of rotatable bonds is 8. The summed E-state index contributed by atoms with van der Waals surface area (Å²) in [6, 6.07) is 3.88. The molecule has 35 heavy (non-hydrogen) atoms. The van der Waals surface area contributed by atoms with Gasteiger partial charge in [-0.2, -0.15) is 13.2 Å². The lowest BCUT2D eigenvalue weighted by atomic mass is 10.0. The van der Waals surface area contributed by atoms with Gasteiger partial charge in [-0.05, 0) is 25.1 Å². The van der Waals surface area contributed by atoms with Crippen LogP contribution in [0.25, 0.3) is 0 Å². The highest BCUT2D eigenvalue weighted by Gasteiger charge is 2.32. The van der Waals surface area contributed by atoms with E-state index < -0.39 is 47.1 Å². The first kappa shape index (κ1) is 28.9. The van der Waals surface area contributed by atoms with Gasteiger partial charge in [-0.15, -0.1) is 0 Å². The van der Waals surface area contributed by atoms with Gasteiger partial charge in [0.15, 0.2) is 0 Å². The van der Waals surface area contributed by atoms with Gasteiger partial charge in [-0.3, -0.25) is 9.59 Å². The van der Waals surface area contributed by atoms with Gasteiger partial charge in [0.2, 0.25) is 21.8 Å². The molecule has 0 fully saturated rings. The van der Waals surface area contributed by atoms with E-state index in [1.165, 1.54) is 30.1 Å². The second-order valence-electron chi connectivity index (χ2n) is 8.92. The second kappa shape index (κ2) is 11.6. The van der Waals surface area contributed by atoms with E-state index in [0.717, 1.165) is 10.6 Å². The van der Waals surface area contributed by atoms with E-state index in [1.807, 2.05) is 6.92 Å². The maximum atomic E-state index is 13.1. The van der Waals surface area contributed by atoms with Crippen LogP contribution in [0.3, 0.4) is 0 Å². The molecule has 0 saturated heterocycles. The Bertz CT molecular complexity index is 1020. The quantitative estimate of drug-likeness (QED) is 0.539. The zero-order valence-electron chi connectivity index (χ0n) is 20.1. The molecule has 2 N–H and O–H groups in total. The first-order valence-electron chi connectivity index (χ1n) is 11.1. The number of nitrogens with zero attached hydrogens (tertiary/aromatic N) is 2. The molecule has 2 rings (SSSR count). The molecule has 0 radical (unpaired) electrons. The molecule has 1 aliphatic rings. The van der Waals surface area contributed by atoms with Gasteiger partial charge in [0, 0.05) is 37.2 Å². The predicted molar refractivity (Wildman–Crippen MR) is 123 cm³/mol. The summed E-state index contributed by atoms with van der Waals surface area (Å²) in [5, 5.41) is 12.0. The van der Waals surface area contributed by atoms with Gasteiger partial charge in [0.25, 0.3) is 0 Å². The molecule has 1 aliphatic heterocycles. The predicted octanol–water partition coefficient (Wildman–Crippen LogP) is 2.01. The molecule has 0 spiro atoms. The molecular formula is C22H32F3N3O6S. The third-order valence-electron chi connectivity index (χ3n) is 5.84. The molecule has 13 heteroatoms. The Morgan fingerprint density at radius 3 is 2.60 bits per heavy atom. The summed E-state index contributed by atoms with van der Waals surface area (Å²) in [7, 11) is -2.09. The molecule has 1 heterocycles. The summed E-state index contributed by atoms with van der Waals surface area (Å²) in [5.74, 6) is -1.16. The number of aliphatic hydroxyl groups excluding tert-OH is 1. The Morgan fingerprint density at radius 2 is 2.03 bits per heavy atom. The number of fused-ring (bicyclic) bond motifs is 1. The number of benzene rings is 1. The maximum absolute atomic E-state index is 13.1. The Hall–Kier alpha value is -2.38. The van der Waals surface area contributed by atoms with E-state index in [4.69, 9.17) is 4.74 Å². The highest BCUT2D eigenvalue weighted by molar-refractivity contribution is 7.88. The molecule has 1 aromatic rings. The van der Waals surface area contributed by atoms with Crippen molar-refractivity contribution >= 4 is 27.5 Å². The minimum atomic E-state index is -4.46. The van der Waals surface area contributed by atoms with Gasteiger partial charge < -0.3 is 20.1 Å². The number of ether oxygens (including phenoxy) is 1. The second-order valence-corrected chi connectivity index (χ2v) is 11.0.